The molecular formula is C27H32N6O. The van der Waals surface area contributed by atoms with Crippen LogP contribution in [0.1, 0.15) is 53.8 Å². The van der Waals surface area contributed by atoms with Crippen LogP contribution in [0.3, 0.4) is 0 Å². The number of nitrogens with zero attached hydrogens (tertiary/aromatic N) is 5. The Bertz CT molecular complexity index is 1320. The number of hydrogen-bond acceptors (Lipinski definition) is 5. The molecule has 2 aromatic heterocycles. The Morgan fingerprint density at radius 2 is 1.85 bits per heavy atom. The number of tetrazole rings is 1. The SMILES string of the molecule is Cc1cc(C)c2[nH]c(=O)c(CN(Cc3nnnn3CCc3ccccc3)C3CCCC3)cc2c1. The third kappa shape index (κ3) is 4.94. The topological polar surface area (TPSA) is 79.7 Å². The van der Waals surface area contributed by atoms with Crippen molar-refractivity contribution in [3.05, 3.63) is 87.0 Å². The Balaban J connectivity index is 1.39. The number of nitrogens with one attached hydrogen (secondary N) is 1. The predicted octanol–water partition coefficient (Wildman–Crippen LogP) is 4.32. The summed E-state index contributed by atoms with van der Waals surface area (Å²) < 4.78 is 1.91. The van der Waals surface area contributed by atoms with Gasteiger partial charge in [-0.05, 0) is 72.2 Å². The van der Waals surface area contributed by atoms with Gasteiger partial charge in [-0.3, -0.25) is 9.69 Å². The lowest BCUT2D eigenvalue weighted by Crippen LogP contribution is -2.35. The molecule has 1 aliphatic carbocycles. The van der Waals surface area contributed by atoms with E-state index in [-0.39, 0.29) is 5.56 Å². The van der Waals surface area contributed by atoms with E-state index in [4.69, 9.17) is 0 Å². The Morgan fingerprint density at radius 1 is 1.06 bits per heavy atom. The van der Waals surface area contributed by atoms with Crippen LogP contribution in [-0.2, 0) is 26.1 Å². The lowest BCUT2D eigenvalue weighted by Gasteiger charge is -2.28. The number of pyridine rings is 1. The van der Waals surface area contributed by atoms with E-state index in [1.165, 1.54) is 24.0 Å². The van der Waals surface area contributed by atoms with Crippen molar-refractivity contribution in [2.75, 3.05) is 0 Å². The molecule has 1 fully saturated rings. The third-order valence-corrected chi connectivity index (χ3v) is 6.99. The minimum atomic E-state index is -0.00822. The lowest BCUT2D eigenvalue weighted by molar-refractivity contribution is 0.172. The van der Waals surface area contributed by atoms with Crippen molar-refractivity contribution in [1.29, 1.82) is 0 Å². The number of rotatable bonds is 8. The van der Waals surface area contributed by atoms with E-state index >= 15 is 0 Å². The van der Waals surface area contributed by atoms with Gasteiger partial charge in [-0.25, -0.2) is 4.68 Å². The summed E-state index contributed by atoms with van der Waals surface area (Å²) in [5.74, 6) is 0.853. The van der Waals surface area contributed by atoms with Gasteiger partial charge in [0.15, 0.2) is 5.82 Å². The van der Waals surface area contributed by atoms with E-state index in [1.807, 2.05) is 17.7 Å². The Labute approximate surface area is 199 Å². The minimum Gasteiger partial charge on any atom is -0.321 e. The van der Waals surface area contributed by atoms with Crippen LogP contribution in [-0.4, -0.2) is 36.1 Å². The number of fused-ring (bicyclic) bond motifs is 1. The molecule has 2 aromatic carbocycles. The summed E-state index contributed by atoms with van der Waals surface area (Å²) in [6.07, 6.45) is 5.63. The van der Waals surface area contributed by atoms with Gasteiger partial charge in [-0.1, -0.05) is 54.8 Å². The number of aromatic nitrogens is 5. The molecule has 0 aliphatic heterocycles. The van der Waals surface area contributed by atoms with Gasteiger partial charge >= 0.3 is 0 Å². The molecular weight excluding hydrogens is 424 g/mol. The maximum Gasteiger partial charge on any atom is 0.252 e. The number of H-pyrrole nitrogens is 1. The van der Waals surface area contributed by atoms with Crippen LogP contribution in [0.15, 0.2) is 53.3 Å². The highest BCUT2D eigenvalue weighted by atomic mass is 16.1. The van der Waals surface area contributed by atoms with E-state index < -0.39 is 0 Å². The van der Waals surface area contributed by atoms with E-state index in [9.17, 15) is 4.79 Å². The number of benzene rings is 2. The molecule has 7 nitrogen and oxygen atoms in total. The van der Waals surface area contributed by atoms with Crippen LogP contribution in [0, 0.1) is 13.8 Å². The van der Waals surface area contributed by atoms with Gasteiger partial charge in [0.1, 0.15) is 0 Å². The first-order chi connectivity index (χ1) is 16.6. The average molecular weight is 457 g/mol. The lowest BCUT2D eigenvalue weighted by atomic mass is 10.0. The first kappa shape index (κ1) is 22.5. The van der Waals surface area contributed by atoms with E-state index in [0.717, 1.165) is 53.7 Å². The van der Waals surface area contributed by atoms with E-state index in [1.54, 1.807) is 0 Å². The van der Waals surface area contributed by atoms with Gasteiger partial charge in [0, 0.05) is 24.7 Å². The molecule has 1 N–H and O–H groups in total. The van der Waals surface area contributed by atoms with Gasteiger partial charge in [-0.2, -0.15) is 0 Å². The number of aryl methyl sites for hydroxylation is 4. The highest BCUT2D eigenvalue weighted by molar-refractivity contribution is 5.82. The number of hydrogen-bond donors (Lipinski definition) is 1. The first-order valence-corrected chi connectivity index (χ1v) is 12.2. The molecule has 34 heavy (non-hydrogen) atoms. The van der Waals surface area contributed by atoms with Gasteiger partial charge in [0.2, 0.25) is 0 Å². The minimum absolute atomic E-state index is 0.00822. The molecule has 0 unspecified atom stereocenters. The molecule has 176 valence electrons. The summed E-state index contributed by atoms with van der Waals surface area (Å²) in [5, 5.41) is 13.7. The molecule has 0 saturated heterocycles. The summed E-state index contributed by atoms with van der Waals surface area (Å²) in [6.45, 7) is 6.10. The molecule has 1 aliphatic rings. The molecule has 0 bridgehead atoms. The van der Waals surface area contributed by atoms with Crippen LogP contribution in [0.4, 0.5) is 0 Å². The Hall–Kier alpha value is -3.32. The fourth-order valence-electron chi connectivity index (χ4n) is 5.22. The molecule has 0 radical (unpaired) electrons. The Morgan fingerprint density at radius 3 is 2.65 bits per heavy atom. The summed E-state index contributed by atoms with van der Waals surface area (Å²) in [4.78, 5) is 18.6. The zero-order chi connectivity index (χ0) is 23.5. The molecule has 1 saturated carbocycles. The second kappa shape index (κ2) is 9.89. The van der Waals surface area contributed by atoms with Gasteiger partial charge in [0.25, 0.3) is 5.56 Å². The van der Waals surface area contributed by atoms with Crippen LogP contribution in [0.2, 0.25) is 0 Å². The van der Waals surface area contributed by atoms with Gasteiger partial charge in [-0.15, -0.1) is 5.10 Å². The highest BCUT2D eigenvalue weighted by Gasteiger charge is 2.25. The summed E-state index contributed by atoms with van der Waals surface area (Å²) >= 11 is 0. The summed E-state index contributed by atoms with van der Waals surface area (Å²) in [6, 6.07) is 17.2. The van der Waals surface area contributed by atoms with Gasteiger partial charge < -0.3 is 4.98 Å². The molecule has 4 aromatic rings. The second-order valence-corrected chi connectivity index (χ2v) is 9.57. The fourth-order valence-corrected chi connectivity index (χ4v) is 5.22. The van der Waals surface area contributed by atoms with Gasteiger partial charge in [0.05, 0.1) is 12.1 Å². The second-order valence-electron chi connectivity index (χ2n) is 9.57. The van der Waals surface area contributed by atoms with Crippen molar-refractivity contribution >= 4 is 10.9 Å². The quantitative estimate of drug-likeness (QED) is 0.427. The first-order valence-electron chi connectivity index (χ1n) is 12.2. The van der Waals surface area contributed by atoms with E-state index in [0.29, 0.717) is 19.1 Å². The normalized spacial score (nSPS) is 14.4. The van der Waals surface area contributed by atoms with Crippen LogP contribution >= 0.6 is 0 Å². The molecule has 0 amide bonds. The molecule has 2 heterocycles. The van der Waals surface area contributed by atoms with Crippen LogP contribution in [0.25, 0.3) is 10.9 Å². The van der Waals surface area contributed by atoms with Crippen molar-refractivity contribution < 1.29 is 0 Å². The zero-order valence-corrected chi connectivity index (χ0v) is 20.0. The van der Waals surface area contributed by atoms with Crippen molar-refractivity contribution in [2.24, 2.45) is 0 Å². The van der Waals surface area contributed by atoms with Crippen molar-refractivity contribution in [3.8, 4) is 0 Å². The summed E-state index contributed by atoms with van der Waals surface area (Å²) in [5.41, 5.74) is 5.29. The van der Waals surface area contributed by atoms with E-state index in [2.05, 4.69) is 74.8 Å². The van der Waals surface area contributed by atoms with Crippen molar-refractivity contribution in [3.63, 3.8) is 0 Å². The third-order valence-electron chi connectivity index (χ3n) is 6.99. The standard InChI is InChI=1S/C27H32N6O/c1-19-14-20(2)26-22(15-19)16-23(27(34)28-26)17-32(24-10-6-7-11-24)18-25-29-30-31-33(25)13-12-21-8-4-3-5-9-21/h3-5,8-9,14-16,24H,6-7,10-13,17-18H2,1-2H3,(H,28,34). The maximum atomic E-state index is 13.0. The zero-order valence-electron chi connectivity index (χ0n) is 20.0. The van der Waals surface area contributed by atoms with Crippen LogP contribution < -0.4 is 5.56 Å². The molecule has 0 atom stereocenters. The van der Waals surface area contributed by atoms with Crippen LogP contribution in [0.5, 0.6) is 0 Å². The van der Waals surface area contributed by atoms with Crippen molar-refractivity contribution in [1.82, 2.24) is 30.1 Å². The monoisotopic (exact) mass is 456 g/mol. The fraction of sp³-hybridized carbons (Fsp3) is 0.407. The summed E-state index contributed by atoms with van der Waals surface area (Å²) in [7, 11) is 0. The average Bonchev–Trinajstić information content (AvgIpc) is 3.51. The highest BCUT2D eigenvalue weighted by Crippen LogP contribution is 2.26. The molecule has 5 rings (SSSR count). The predicted molar refractivity (Wildman–Crippen MR) is 134 cm³/mol. The molecule has 0 spiro atoms. The van der Waals surface area contributed by atoms with Crippen molar-refractivity contribution in [2.45, 2.75) is 71.6 Å². The smallest absolute Gasteiger partial charge is 0.252 e. The largest absolute Gasteiger partial charge is 0.321 e. The number of aromatic amines is 1. The maximum absolute atomic E-state index is 13.0. The Kier molecular flexibility index (Phi) is 6.54. The molecule has 7 heteroatoms.